The molecule has 4 heterocycles. The van der Waals surface area contributed by atoms with E-state index in [4.69, 9.17) is 15.6 Å². The summed E-state index contributed by atoms with van der Waals surface area (Å²) in [7, 11) is 1.50. The quantitative estimate of drug-likeness (QED) is 0.346. The fraction of sp³-hybridized carbons (Fsp3) is 0.581. The number of nitrogens with two attached hydrogens (primary N) is 1. The summed E-state index contributed by atoms with van der Waals surface area (Å²) in [6, 6.07) is 0.0713. The predicted molar refractivity (Wildman–Crippen MR) is 158 cm³/mol. The van der Waals surface area contributed by atoms with Crippen LogP contribution in [0.3, 0.4) is 0 Å². The van der Waals surface area contributed by atoms with Gasteiger partial charge in [-0.05, 0) is 58.4 Å². The van der Waals surface area contributed by atoms with Crippen molar-refractivity contribution in [3.05, 3.63) is 34.5 Å². The number of halogens is 4. The zero-order valence-corrected chi connectivity index (χ0v) is 26.2. The number of fused-ring (bicyclic) bond motifs is 2. The Balaban J connectivity index is 1.52. The number of carbonyl (C=O) groups excluding carboxylic acids is 2. The van der Waals surface area contributed by atoms with Crippen molar-refractivity contribution in [2.75, 3.05) is 19.3 Å². The molecule has 2 saturated carbocycles. The molecule has 3 aliphatic rings. The third-order valence-electron chi connectivity index (χ3n) is 8.84. The number of piperidine rings is 1. The summed E-state index contributed by atoms with van der Waals surface area (Å²) in [4.78, 5) is 36.0. The van der Waals surface area contributed by atoms with Crippen LogP contribution in [0.15, 0.2) is 6.07 Å². The molecule has 0 aromatic carbocycles. The van der Waals surface area contributed by atoms with Gasteiger partial charge in [-0.25, -0.2) is 19.2 Å². The number of hydrogen-bond donors (Lipinski definition) is 2. The fourth-order valence-corrected chi connectivity index (χ4v) is 6.88. The molecule has 3 aromatic rings. The van der Waals surface area contributed by atoms with Crippen LogP contribution in [0.4, 0.5) is 28.2 Å². The lowest BCUT2D eigenvalue weighted by Gasteiger charge is -2.30. The van der Waals surface area contributed by atoms with Crippen molar-refractivity contribution in [2.24, 2.45) is 11.8 Å². The first kappa shape index (κ1) is 31.0. The van der Waals surface area contributed by atoms with Gasteiger partial charge < -0.3 is 15.8 Å². The third-order valence-corrected chi connectivity index (χ3v) is 8.84. The van der Waals surface area contributed by atoms with Crippen LogP contribution in [0.25, 0.3) is 22.2 Å². The van der Waals surface area contributed by atoms with E-state index in [-0.39, 0.29) is 59.2 Å². The van der Waals surface area contributed by atoms with E-state index in [2.05, 4.69) is 15.3 Å². The Bertz CT molecular complexity index is 1720. The van der Waals surface area contributed by atoms with Gasteiger partial charge in [-0.2, -0.15) is 18.3 Å². The van der Waals surface area contributed by atoms with Gasteiger partial charge in [0, 0.05) is 36.4 Å². The second kappa shape index (κ2) is 10.3. The van der Waals surface area contributed by atoms with Gasteiger partial charge >= 0.3 is 12.3 Å². The van der Waals surface area contributed by atoms with Crippen LogP contribution >= 0.6 is 0 Å². The van der Waals surface area contributed by atoms with Crippen molar-refractivity contribution in [2.45, 2.75) is 90.1 Å². The van der Waals surface area contributed by atoms with Crippen molar-refractivity contribution in [1.82, 2.24) is 30.0 Å². The number of nitrogens with zero attached hydrogens (tertiary/aromatic N) is 5. The maximum absolute atomic E-state index is 16.8. The second-order valence-corrected chi connectivity index (χ2v) is 13.6. The Labute approximate surface area is 257 Å². The van der Waals surface area contributed by atoms with E-state index in [0.717, 1.165) is 18.9 Å². The number of ether oxygens (including phenoxy) is 1. The molecule has 0 radical (unpaired) electrons. The fourth-order valence-electron chi connectivity index (χ4n) is 6.88. The Morgan fingerprint density at radius 1 is 1.16 bits per heavy atom. The molecule has 1 saturated heterocycles. The minimum Gasteiger partial charge on any atom is -0.444 e. The summed E-state index contributed by atoms with van der Waals surface area (Å²) >= 11 is 0. The number of amides is 2. The molecule has 3 fully saturated rings. The monoisotopic (exact) mass is 631 g/mol. The van der Waals surface area contributed by atoms with Crippen LogP contribution in [-0.2, 0) is 15.7 Å². The lowest BCUT2D eigenvalue weighted by molar-refractivity contribution is -0.137. The highest BCUT2D eigenvalue weighted by atomic mass is 19.4. The maximum Gasteiger partial charge on any atom is 0.418 e. The minimum absolute atomic E-state index is 0.0906. The van der Waals surface area contributed by atoms with Crippen molar-refractivity contribution < 1.29 is 31.9 Å². The van der Waals surface area contributed by atoms with Gasteiger partial charge in [-0.15, -0.1) is 0 Å². The summed E-state index contributed by atoms with van der Waals surface area (Å²) in [5.41, 5.74) is 3.74. The number of pyridine rings is 2. The number of hydrogen-bond acceptors (Lipinski definition) is 7. The Morgan fingerprint density at radius 2 is 1.82 bits per heavy atom. The summed E-state index contributed by atoms with van der Waals surface area (Å²) < 4.78 is 66.8. The van der Waals surface area contributed by atoms with Crippen molar-refractivity contribution in [3.8, 4) is 11.3 Å². The molecule has 3 N–H and O–H groups in total. The zero-order valence-electron chi connectivity index (χ0n) is 26.2. The Morgan fingerprint density at radius 3 is 2.38 bits per heavy atom. The normalized spacial score (nSPS) is 23.1. The third kappa shape index (κ3) is 5.15. The zero-order chi connectivity index (χ0) is 32.9. The average molecular weight is 632 g/mol. The maximum atomic E-state index is 16.8. The van der Waals surface area contributed by atoms with E-state index in [0.29, 0.717) is 16.8 Å². The molecule has 45 heavy (non-hydrogen) atoms. The Hall–Kier alpha value is -3.97. The molecular formula is C31H37F4N7O3. The number of nitrogens with one attached hydrogen (secondary N) is 1. The predicted octanol–water partition coefficient (Wildman–Crippen LogP) is 5.70. The molecule has 10 nitrogen and oxygen atoms in total. The number of likely N-dealkylation sites (tertiary alicyclic amines) is 1. The molecule has 0 bridgehead atoms. The number of nitrogen functional groups attached to an aromatic ring is 1. The highest BCUT2D eigenvalue weighted by Crippen LogP contribution is 2.63. The van der Waals surface area contributed by atoms with Crippen molar-refractivity contribution >= 4 is 28.7 Å². The highest BCUT2D eigenvalue weighted by Gasteiger charge is 2.66. The van der Waals surface area contributed by atoms with Gasteiger partial charge in [0.05, 0.1) is 28.7 Å². The second-order valence-electron chi connectivity index (χ2n) is 13.6. The summed E-state index contributed by atoms with van der Waals surface area (Å²) in [6.07, 6.45) is -3.94. The van der Waals surface area contributed by atoms with Gasteiger partial charge in [0.25, 0.3) is 0 Å². The van der Waals surface area contributed by atoms with E-state index in [1.165, 1.54) is 18.9 Å². The molecule has 0 unspecified atom stereocenters. The van der Waals surface area contributed by atoms with E-state index < -0.39 is 46.6 Å². The lowest BCUT2D eigenvalue weighted by atomic mass is 9.96. The van der Waals surface area contributed by atoms with Crippen LogP contribution in [0.2, 0.25) is 0 Å². The molecule has 0 spiro atoms. The first-order valence-corrected chi connectivity index (χ1v) is 15.1. The average Bonchev–Trinajstić information content (AvgIpc) is 3.81. The number of likely N-dealkylation sites (N-methyl/N-ethyl adjacent to an activating group) is 1. The van der Waals surface area contributed by atoms with Gasteiger partial charge in [-0.1, -0.05) is 13.8 Å². The van der Waals surface area contributed by atoms with Crippen molar-refractivity contribution in [3.63, 3.8) is 0 Å². The summed E-state index contributed by atoms with van der Waals surface area (Å²) in [5.74, 6) is -2.49. The molecule has 6 rings (SSSR count). The molecule has 3 aromatic heterocycles. The lowest BCUT2D eigenvalue weighted by Crippen LogP contribution is -2.49. The number of anilines is 1. The first-order valence-electron chi connectivity index (χ1n) is 15.1. The van der Waals surface area contributed by atoms with Gasteiger partial charge in [0.2, 0.25) is 5.91 Å². The smallest absolute Gasteiger partial charge is 0.418 e. The topological polar surface area (TPSA) is 128 Å². The summed E-state index contributed by atoms with van der Waals surface area (Å²) in [6.45, 7) is 10.4. The largest absolute Gasteiger partial charge is 0.444 e. The van der Waals surface area contributed by atoms with E-state index in [1.807, 2.05) is 13.8 Å². The van der Waals surface area contributed by atoms with Crippen LogP contribution in [0.1, 0.15) is 88.0 Å². The molecule has 1 aliphatic heterocycles. The number of aromatic nitrogens is 4. The molecule has 2 amide bonds. The number of alkyl halides is 3. The van der Waals surface area contributed by atoms with Gasteiger partial charge in [-0.3, -0.25) is 14.4 Å². The van der Waals surface area contributed by atoms with E-state index in [1.54, 1.807) is 25.5 Å². The standard InChI is InChI=1S/C31H37F4N7O3/c1-12(2)23-20-25(18-16-11-41(29(44)45-30(4,5)6)27(19(16)18)28(43)37-7)40-42(14-8-9-14)26(20)22(32)24(39-23)15-10-17(36)38-13(3)21(15)31(33,34)35/h10,12,14,16,18-19,27H,8-9,11H2,1-7H3,(H2,36,38)(H,37,43)/t16-,18-,19-,27+/m1/s1. The molecular weight excluding hydrogens is 594 g/mol. The molecule has 2 aliphatic carbocycles. The highest BCUT2D eigenvalue weighted by molar-refractivity contribution is 5.92. The number of aryl methyl sites for hydroxylation is 1. The SMILES string of the molecule is CNC(=O)[C@@H]1[C@@H]2[C@H](CN1C(=O)OC(C)(C)C)[C@H]2c1nn(C2CC2)c2c(F)c(-c3cc(N)nc(C)c3C(F)(F)F)nc(C(C)C)c12. The van der Waals surface area contributed by atoms with Crippen LogP contribution in [0, 0.1) is 24.6 Å². The van der Waals surface area contributed by atoms with Crippen LogP contribution in [0.5, 0.6) is 0 Å². The number of carbonyl (C=O) groups is 2. The van der Waals surface area contributed by atoms with Gasteiger partial charge in [0.1, 0.15) is 28.7 Å². The first-order chi connectivity index (χ1) is 20.9. The molecule has 4 atom stereocenters. The van der Waals surface area contributed by atoms with Crippen LogP contribution in [-0.4, -0.2) is 61.9 Å². The number of rotatable bonds is 5. The van der Waals surface area contributed by atoms with Crippen LogP contribution < -0.4 is 11.1 Å². The van der Waals surface area contributed by atoms with E-state index in [9.17, 15) is 22.8 Å². The Kier molecular flexibility index (Phi) is 7.09. The molecule has 14 heteroatoms. The summed E-state index contributed by atoms with van der Waals surface area (Å²) in [5, 5.41) is 8.00. The molecule has 242 valence electrons. The minimum atomic E-state index is -4.83. The van der Waals surface area contributed by atoms with E-state index >= 15 is 4.39 Å². The van der Waals surface area contributed by atoms with Gasteiger partial charge in [0.15, 0.2) is 5.82 Å². The van der Waals surface area contributed by atoms with Crippen molar-refractivity contribution in [1.29, 1.82) is 0 Å².